The Balaban J connectivity index is 0.00000300. The van der Waals surface area contributed by atoms with Crippen LogP contribution in [0.5, 0.6) is 11.5 Å². The van der Waals surface area contributed by atoms with Crippen molar-refractivity contribution in [1.82, 2.24) is 14.5 Å². The molecule has 5 nitrogen and oxygen atoms in total. The van der Waals surface area contributed by atoms with Crippen molar-refractivity contribution in [2.45, 2.75) is 19.3 Å². The van der Waals surface area contributed by atoms with E-state index in [1.54, 1.807) is 0 Å². The molecule has 0 atom stereocenters. The zero-order valence-corrected chi connectivity index (χ0v) is 25.1. The third-order valence-corrected chi connectivity index (χ3v) is 8.14. The second-order valence-corrected chi connectivity index (χ2v) is 11.0. The van der Waals surface area contributed by atoms with Gasteiger partial charge in [-0.05, 0) is 41.3 Å². The molecule has 1 aliphatic heterocycles. The molecule has 0 fully saturated rings. The second kappa shape index (κ2) is 10.5. The number of para-hydroxylation sites is 2. The summed E-state index contributed by atoms with van der Waals surface area (Å²) in [6.07, 6.45) is 3.66. The monoisotopic (exact) mass is 648 g/mol. The van der Waals surface area contributed by atoms with Crippen molar-refractivity contribution in [2.75, 3.05) is 4.90 Å². The van der Waals surface area contributed by atoms with Crippen LogP contribution in [0.15, 0.2) is 122 Å². The zero-order valence-electron chi connectivity index (χ0n) is 23.6. The molecule has 0 aliphatic carbocycles. The predicted octanol–water partition coefficient (Wildman–Crippen LogP) is 9.07. The topological polar surface area (TPSA) is 43.2 Å². The maximum Gasteiger partial charge on any atom is 2.00 e. The van der Waals surface area contributed by atoms with Crippen molar-refractivity contribution in [1.29, 1.82) is 0 Å². The number of pyridine rings is 2. The van der Waals surface area contributed by atoms with Gasteiger partial charge in [0, 0.05) is 46.1 Å². The molecule has 43 heavy (non-hydrogen) atoms. The molecule has 0 unspecified atom stereocenters. The minimum Gasteiger partial charge on any atom is -0.509 e. The Morgan fingerprint density at radius 3 is 2.30 bits per heavy atom. The molecule has 3 aromatic heterocycles. The van der Waals surface area contributed by atoms with E-state index >= 15 is 0 Å². The van der Waals surface area contributed by atoms with Gasteiger partial charge >= 0.3 is 20.4 Å². The number of hydrogen-bond donors (Lipinski definition) is 0. The maximum absolute atomic E-state index is 6.43. The van der Waals surface area contributed by atoms with Gasteiger partial charge in [0.25, 0.3) is 0 Å². The van der Waals surface area contributed by atoms with Crippen LogP contribution in [0.4, 0.5) is 17.2 Å². The summed E-state index contributed by atoms with van der Waals surface area (Å²) < 4.78 is 8.56. The largest absolute Gasteiger partial charge is 2.00 e. The SMILES string of the molecule is CC1(C)c2ccccc2N(c2[c-]c(Oc3[c-]c4c(cc3)c3ccccc3n4-c3ccccn3)ccc2)c2ncccc21.[Pd+2]. The minimum atomic E-state index is -0.179. The molecule has 4 aromatic carbocycles. The Labute approximate surface area is 264 Å². The van der Waals surface area contributed by atoms with Gasteiger partial charge in [0.05, 0.1) is 0 Å². The predicted molar refractivity (Wildman–Crippen MR) is 167 cm³/mol. The fourth-order valence-electron chi connectivity index (χ4n) is 6.17. The van der Waals surface area contributed by atoms with E-state index in [2.05, 4.69) is 95.0 Å². The van der Waals surface area contributed by atoms with Crippen LogP contribution in [0.2, 0.25) is 0 Å². The van der Waals surface area contributed by atoms with Crippen molar-refractivity contribution in [3.63, 3.8) is 0 Å². The summed E-state index contributed by atoms with van der Waals surface area (Å²) in [5.41, 5.74) is 6.17. The molecule has 0 N–H and O–H groups in total. The van der Waals surface area contributed by atoms with Crippen LogP contribution < -0.4 is 9.64 Å². The number of anilines is 3. The molecular formula is C37H26N4OPd. The number of hydrogen-bond acceptors (Lipinski definition) is 4. The van der Waals surface area contributed by atoms with E-state index in [0.717, 1.165) is 44.8 Å². The van der Waals surface area contributed by atoms with Crippen LogP contribution in [0, 0.1) is 12.1 Å². The third-order valence-electron chi connectivity index (χ3n) is 8.14. The summed E-state index contributed by atoms with van der Waals surface area (Å²) in [6.45, 7) is 4.51. The summed E-state index contributed by atoms with van der Waals surface area (Å²) in [5, 5.41) is 2.24. The molecule has 0 radical (unpaired) electrons. The van der Waals surface area contributed by atoms with E-state index in [9.17, 15) is 0 Å². The fourth-order valence-corrected chi connectivity index (χ4v) is 6.17. The zero-order chi connectivity index (χ0) is 28.3. The minimum absolute atomic E-state index is 0. The van der Waals surface area contributed by atoms with E-state index in [0.29, 0.717) is 11.5 Å². The van der Waals surface area contributed by atoms with Gasteiger partial charge in [0.1, 0.15) is 11.6 Å². The molecule has 6 heteroatoms. The Morgan fingerprint density at radius 2 is 1.42 bits per heavy atom. The number of benzene rings is 4. The van der Waals surface area contributed by atoms with E-state index in [1.807, 2.05) is 67.0 Å². The van der Waals surface area contributed by atoms with Gasteiger partial charge in [-0.25, -0.2) is 9.97 Å². The van der Waals surface area contributed by atoms with Crippen LogP contribution in [-0.2, 0) is 25.8 Å². The number of rotatable bonds is 4. The van der Waals surface area contributed by atoms with Crippen molar-refractivity contribution in [2.24, 2.45) is 0 Å². The summed E-state index contributed by atoms with van der Waals surface area (Å²) in [5.74, 6) is 2.95. The first-order valence-electron chi connectivity index (χ1n) is 14.0. The van der Waals surface area contributed by atoms with Gasteiger partial charge in [0.2, 0.25) is 0 Å². The molecule has 0 spiro atoms. The van der Waals surface area contributed by atoms with Crippen LogP contribution in [0.25, 0.3) is 27.6 Å². The van der Waals surface area contributed by atoms with Crippen molar-refractivity contribution < 1.29 is 25.2 Å². The first kappa shape index (κ1) is 27.1. The summed E-state index contributed by atoms with van der Waals surface area (Å²) in [6, 6.07) is 44.0. The van der Waals surface area contributed by atoms with Gasteiger partial charge in [-0.1, -0.05) is 73.6 Å². The van der Waals surface area contributed by atoms with Crippen LogP contribution in [0.3, 0.4) is 0 Å². The molecule has 0 saturated carbocycles. The summed E-state index contributed by atoms with van der Waals surface area (Å²) >= 11 is 0. The molecule has 0 bridgehead atoms. The Hall–Kier alpha value is -4.76. The van der Waals surface area contributed by atoms with E-state index in [4.69, 9.17) is 9.72 Å². The van der Waals surface area contributed by atoms with Gasteiger partial charge in [-0.15, -0.1) is 35.7 Å². The quantitative estimate of drug-likeness (QED) is 0.141. The van der Waals surface area contributed by atoms with E-state index in [1.165, 1.54) is 11.1 Å². The molecule has 7 aromatic rings. The number of aromatic nitrogens is 3. The van der Waals surface area contributed by atoms with Crippen molar-refractivity contribution in [3.8, 4) is 17.3 Å². The Morgan fingerprint density at radius 1 is 0.651 bits per heavy atom. The Kier molecular flexibility index (Phi) is 6.62. The first-order chi connectivity index (χ1) is 20.6. The molecular weight excluding hydrogens is 623 g/mol. The first-order valence-corrected chi connectivity index (χ1v) is 14.0. The van der Waals surface area contributed by atoms with Gasteiger partial charge in [-0.2, -0.15) is 12.1 Å². The van der Waals surface area contributed by atoms with Crippen molar-refractivity contribution >= 4 is 39.0 Å². The van der Waals surface area contributed by atoms with Gasteiger partial charge in [0.15, 0.2) is 0 Å². The number of nitrogens with zero attached hydrogens (tertiary/aromatic N) is 4. The van der Waals surface area contributed by atoms with E-state index in [-0.39, 0.29) is 25.8 Å². The molecule has 4 heterocycles. The third kappa shape index (κ3) is 4.34. The molecule has 8 rings (SSSR count). The number of fused-ring (bicyclic) bond motifs is 5. The fraction of sp³-hybridized carbons (Fsp3) is 0.0811. The average molecular weight is 649 g/mol. The number of ether oxygens (including phenoxy) is 1. The average Bonchev–Trinajstić information content (AvgIpc) is 3.35. The van der Waals surface area contributed by atoms with Crippen LogP contribution >= 0.6 is 0 Å². The molecule has 0 amide bonds. The second-order valence-electron chi connectivity index (χ2n) is 11.0. The van der Waals surface area contributed by atoms with Gasteiger partial charge < -0.3 is 14.2 Å². The molecule has 210 valence electrons. The van der Waals surface area contributed by atoms with E-state index < -0.39 is 0 Å². The standard InChI is InChI=1S/C37H26N4O.Pd/c1-37(2)30-14-4-6-17-33(30)40(36-31(37)15-10-22-39-36)25-11-9-12-26(23-25)42-27-19-20-29-28-13-3-5-16-32(28)41(34(29)24-27)35-18-7-8-21-38-35;/h3-22H,1-2H3;/q-2;+2. The normalized spacial score (nSPS) is 13.3. The summed E-state index contributed by atoms with van der Waals surface area (Å²) in [7, 11) is 0. The Bertz CT molecular complexity index is 2070. The van der Waals surface area contributed by atoms with Crippen LogP contribution in [-0.4, -0.2) is 14.5 Å². The maximum atomic E-state index is 6.43. The van der Waals surface area contributed by atoms with Gasteiger partial charge in [-0.3, -0.25) is 0 Å². The molecule has 0 saturated heterocycles. The summed E-state index contributed by atoms with van der Waals surface area (Å²) in [4.78, 5) is 11.6. The smallest absolute Gasteiger partial charge is 0.509 e. The van der Waals surface area contributed by atoms with Crippen molar-refractivity contribution in [3.05, 3.63) is 145 Å². The molecule has 1 aliphatic rings. The van der Waals surface area contributed by atoms with Crippen LogP contribution in [0.1, 0.15) is 25.0 Å².